The molecule has 0 saturated carbocycles. The van der Waals surface area contributed by atoms with E-state index < -0.39 is 5.60 Å². The number of nitrogens with one attached hydrogen (secondary N) is 2. The zero-order valence-electron chi connectivity index (χ0n) is 19.6. The summed E-state index contributed by atoms with van der Waals surface area (Å²) in [5.41, 5.74) is -0.449. The van der Waals surface area contributed by atoms with Crippen LogP contribution in [0.25, 0.3) is 0 Å². The highest BCUT2D eigenvalue weighted by Gasteiger charge is 2.34. The van der Waals surface area contributed by atoms with Gasteiger partial charge in [-0.05, 0) is 53.6 Å². The van der Waals surface area contributed by atoms with Gasteiger partial charge in [0, 0.05) is 52.4 Å². The van der Waals surface area contributed by atoms with Crippen molar-refractivity contribution in [2.45, 2.75) is 59.1 Å². The smallest absolute Gasteiger partial charge is 0.410 e. The summed E-state index contributed by atoms with van der Waals surface area (Å²) >= 11 is 0. The highest BCUT2D eigenvalue weighted by molar-refractivity contribution is 14.0. The SMILES string of the molecule is CCNC(=NCCCCN1CCN(CC)CC1)NC1CN(C(=O)OC(C)(C)C)C1.I. The number of likely N-dealkylation sites (N-methyl/N-ethyl adjacent to an activating group) is 1. The number of nitrogens with zero attached hydrogens (tertiary/aromatic N) is 4. The van der Waals surface area contributed by atoms with Gasteiger partial charge in [0.05, 0.1) is 6.04 Å². The molecule has 2 rings (SSSR count). The molecule has 0 radical (unpaired) electrons. The summed E-state index contributed by atoms with van der Waals surface area (Å²) in [6.07, 6.45) is 2.04. The Balaban J connectivity index is 0.00000450. The van der Waals surface area contributed by atoms with Gasteiger partial charge in [-0.3, -0.25) is 4.99 Å². The highest BCUT2D eigenvalue weighted by atomic mass is 127. The number of amides is 1. The van der Waals surface area contributed by atoms with Crippen molar-refractivity contribution >= 4 is 36.0 Å². The molecule has 2 aliphatic heterocycles. The van der Waals surface area contributed by atoms with Crippen molar-refractivity contribution in [3.63, 3.8) is 0 Å². The van der Waals surface area contributed by atoms with Crippen LogP contribution in [0.1, 0.15) is 47.5 Å². The molecular weight excluding hydrogens is 495 g/mol. The van der Waals surface area contributed by atoms with E-state index in [4.69, 9.17) is 9.73 Å². The number of halogens is 1. The Morgan fingerprint density at radius 2 is 1.70 bits per heavy atom. The molecule has 0 atom stereocenters. The van der Waals surface area contributed by atoms with E-state index in [-0.39, 0.29) is 36.1 Å². The van der Waals surface area contributed by atoms with Crippen LogP contribution in [0.4, 0.5) is 4.79 Å². The Hall–Kier alpha value is -0.810. The lowest BCUT2D eigenvalue weighted by molar-refractivity contribution is 0.00701. The van der Waals surface area contributed by atoms with E-state index in [9.17, 15) is 4.79 Å². The van der Waals surface area contributed by atoms with Gasteiger partial charge in [0.2, 0.25) is 0 Å². The fourth-order valence-corrected chi connectivity index (χ4v) is 3.53. The molecule has 30 heavy (non-hydrogen) atoms. The van der Waals surface area contributed by atoms with Crippen molar-refractivity contribution in [1.82, 2.24) is 25.3 Å². The van der Waals surface area contributed by atoms with Crippen molar-refractivity contribution in [3.8, 4) is 0 Å². The first-order chi connectivity index (χ1) is 13.8. The first kappa shape index (κ1) is 27.2. The number of aliphatic imine (C=N–C) groups is 1. The molecule has 0 aliphatic carbocycles. The molecule has 2 aliphatic rings. The number of rotatable bonds is 8. The first-order valence-electron chi connectivity index (χ1n) is 11.3. The molecule has 0 aromatic carbocycles. The predicted octanol–water partition coefficient (Wildman–Crippen LogP) is 2.20. The minimum atomic E-state index is -0.449. The first-order valence-corrected chi connectivity index (χ1v) is 11.3. The van der Waals surface area contributed by atoms with E-state index in [2.05, 4.69) is 34.3 Å². The van der Waals surface area contributed by atoms with E-state index in [1.54, 1.807) is 4.90 Å². The minimum Gasteiger partial charge on any atom is -0.444 e. The van der Waals surface area contributed by atoms with Gasteiger partial charge < -0.3 is 30.1 Å². The maximum atomic E-state index is 12.0. The van der Waals surface area contributed by atoms with Gasteiger partial charge >= 0.3 is 6.09 Å². The number of unbranched alkanes of at least 4 members (excludes halogenated alkanes) is 1. The van der Waals surface area contributed by atoms with Gasteiger partial charge in [0.15, 0.2) is 5.96 Å². The lowest BCUT2D eigenvalue weighted by Gasteiger charge is -2.40. The Bertz CT molecular complexity index is 526. The van der Waals surface area contributed by atoms with Crippen molar-refractivity contribution in [2.75, 3.05) is 65.4 Å². The molecule has 2 N–H and O–H groups in total. The van der Waals surface area contributed by atoms with Gasteiger partial charge in [0.25, 0.3) is 0 Å². The van der Waals surface area contributed by atoms with Crippen LogP contribution in [0.2, 0.25) is 0 Å². The molecule has 1 amide bonds. The number of carbonyl (C=O) groups is 1. The van der Waals surface area contributed by atoms with Crippen molar-refractivity contribution in [2.24, 2.45) is 4.99 Å². The number of ether oxygens (including phenoxy) is 1. The summed E-state index contributed by atoms with van der Waals surface area (Å²) in [7, 11) is 0. The average Bonchev–Trinajstić information content (AvgIpc) is 2.62. The van der Waals surface area contributed by atoms with Crippen LogP contribution in [0.15, 0.2) is 4.99 Å². The fraction of sp³-hybridized carbons (Fsp3) is 0.905. The molecule has 0 unspecified atom stereocenters. The third-order valence-electron chi connectivity index (χ3n) is 5.28. The summed E-state index contributed by atoms with van der Waals surface area (Å²) in [6, 6.07) is 0.232. The number of likely N-dealkylation sites (tertiary alicyclic amines) is 1. The number of hydrogen-bond donors (Lipinski definition) is 2. The third kappa shape index (κ3) is 10.00. The number of piperazine rings is 1. The largest absolute Gasteiger partial charge is 0.444 e. The van der Waals surface area contributed by atoms with Gasteiger partial charge in [-0.2, -0.15) is 0 Å². The van der Waals surface area contributed by atoms with Crippen LogP contribution in [0, 0.1) is 0 Å². The van der Waals surface area contributed by atoms with E-state index >= 15 is 0 Å². The van der Waals surface area contributed by atoms with E-state index in [1.807, 2.05) is 20.8 Å². The normalized spacial score (nSPS) is 19.1. The average molecular weight is 539 g/mol. The standard InChI is InChI=1S/C21H42N6O2.HI/c1-6-22-19(24-18-16-27(17-18)20(28)29-21(3,4)5)23-10-8-9-11-26-14-12-25(7-2)13-15-26;/h18H,6-17H2,1-5H3,(H2,22,23,24);1H. The highest BCUT2D eigenvalue weighted by Crippen LogP contribution is 2.15. The predicted molar refractivity (Wildman–Crippen MR) is 134 cm³/mol. The summed E-state index contributed by atoms with van der Waals surface area (Å²) in [6.45, 7) is 20.1. The topological polar surface area (TPSA) is 72.4 Å². The van der Waals surface area contributed by atoms with Gasteiger partial charge in [-0.1, -0.05) is 6.92 Å². The fourth-order valence-electron chi connectivity index (χ4n) is 3.53. The van der Waals surface area contributed by atoms with Crippen molar-refractivity contribution < 1.29 is 9.53 Å². The van der Waals surface area contributed by atoms with Gasteiger partial charge in [-0.25, -0.2) is 4.79 Å². The number of guanidine groups is 1. The molecule has 0 aromatic rings. The van der Waals surface area contributed by atoms with Gasteiger partial charge in [0.1, 0.15) is 5.60 Å². The van der Waals surface area contributed by atoms with Crippen molar-refractivity contribution in [3.05, 3.63) is 0 Å². The zero-order chi connectivity index (χ0) is 21.3. The lowest BCUT2D eigenvalue weighted by atomic mass is 10.1. The molecule has 2 fully saturated rings. The summed E-state index contributed by atoms with van der Waals surface area (Å²) in [5.74, 6) is 0.845. The maximum Gasteiger partial charge on any atom is 0.410 e. The third-order valence-corrected chi connectivity index (χ3v) is 5.28. The molecule has 8 nitrogen and oxygen atoms in total. The maximum absolute atomic E-state index is 12.0. The van der Waals surface area contributed by atoms with Crippen LogP contribution in [0.3, 0.4) is 0 Å². The number of carbonyl (C=O) groups excluding carboxylic acids is 1. The Morgan fingerprint density at radius 3 is 2.27 bits per heavy atom. The van der Waals surface area contributed by atoms with E-state index in [1.165, 1.54) is 45.7 Å². The van der Waals surface area contributed by atoms with E-state index in [0.717, 1.165) is 25.5 Å². The minimum absolute atomic E-state index is 0. The quantitative estimate of drug-likeness (QED) is 0.214. The summed E-state index contributed by atoms with van der Waals surface area (Å²) < 4.78 is 5.40. The summed E-state index contributed by atoms with van der Waals surface area (Å²) in [4.78, 5) is 23.5. The van der Waals surface area contributed by atoms with E-state index in [0.29, 0.717) is 13.1 Å². The number of hydrogen-bond acceptors (Lipinski definition) is 5. The molecule has 0 bridgehead atoms. The van der Waals surface area contributed by atoms with Crippen LogP contribution in [0.5, 0.6) is 0 Å². The molecule has 9 heteroatoms. The molecule has 176 valence electrons. The Morgan fingerprint density at radius 1 is 1.07 bits per heavy atom. The monoisotopic (exact) mass is 538 g/mol. The molecule has 2 saturated heterocycles. The Labute approximate surface area is 200 Å². The van der Waals surface area contributed by atoms with Crippen LogP contribution in [-0.2, 0) is 4.74 Å². The zero-order valence-corrected chi connectivity index (χ0v) is 21.9. The lowest BCUT2D eigenvalue weighted by Crippen LogP contribution is -2.63. The molecule has 0 aromatic heterocycles. The van der Waals surface area contributed by atoms with Crippen LogP contribution < -0.4 is 10.6 Å². The molecule has 2 heterocycles. The van der Waals surface area contributed by atoms with Crippen molar-refractivity contribution in [1.29, 1.82) is 0 Å². The molecular formula is C21H43IN6O2. The Kier molecular flexibility index (Phi) is 12.3. The second-order valence-electron chi connectivity index (χ2n) is 8.97. The second-order valence-corrected chi connectivity index (χ2v) is 8.97. The van der Waals surface area contributed by atoms with Crippen LogP contribution >= 0.6 is 24.0 Å². The molecule has 0 spiro atoms. The summed E-state index contributed by atoms with van der Waals surface area (Å²) in [5, 5.41) is 6.73. The van der Waals surface area contributed by atoms with Gasteiger partial charge in [-0.15, -0.1) is 24.0 Å². The second kappa shape index (κ2) is 13.6. The van der Waals surface area contributed by atoms with Crippen LogP contribution in [-0.4, -0.2) is 104 Å².